The third-order valence-electron chi connectivity index (χ3n) is 5.63. The molecule has 0 spiro atoms. The van der Waals surface area contributed by atoms with Crippen LogP contribution in [0.2, 0.25) is 0 Å². The molecule has 0 fully saturated rings. The molecule has 0 radical (unpaired) electrons. The minimum Gasteiger partial charge on any atom is -0.356 e. The van der Waals surface area contributed by atoms with Gasteiger partial charge in [0.1, 0.15) is 5.60 Å². The van der Waals surface area contributed by atoms with Crippen LogP contribution in [0.15, 0.2) is 109 Å². The lowest BCUT2D eigenvalue weighted by Crippen LogP contribution is -2.40. The average Bonchev–Trinajstić information content (AvgIpc) is 2.84. The van der Waals surface area contributed by atoms with Crippen LogP contribution in [0.4, 0.5) is 11.4 Å². The number of nitro benzene ring substituents is 1. The summed E-state index contributed by atoms with van der Waals surface area (Å²) in [6.07, 6.45) is -0.574. The lowest BCUT2D eigenvalue weighted by atomic mass is 9.78. The molecular formula is C26H20N2O3. The van der Waals surface area contributed by atoms with Gasteiger partial charge >= 0.3 is 0 Å². The molecule has 4 aromatic carbocycles. The monoisotopic (exact) mass is 408 g/mol. The Morgan fingerprint density at radius 3 is 2.03 bits per heavy atom. The van der Waals surface area contributed by atoms with E-state index in [2.05, 4.69) is 35.6 Å². The van der Waals surface area contributed by atoms with Gasteiger partial charge in [0.05, 0.1) is 4.92 Å². The van der Waals surface area contributed by atoms with Gasteiger partial charge < -0.3 is 10.1 Å². The van der Waals surface area contributed by atoms with Crippen LogP contribution in [-0.4, -0.2) is 4.92 Å². The summed E-state index contributed by atoms with van der Waals surface area (Å²) in [6, 6.07) is 34.8. The molecule has 0 saturated carbocycles. The van der Waals surface area contributed by atoms with Crippen LogP contribution in [0.1, 0.15) is 28.5 Å². The van der Waals surface area contributed by atoms with Crippen molar-refractivity contribution in [3.05, 3.63) is 142 Å². The molecule has 4 aromatic rings. The van der Waals surface area contributed by atoms with E-state index >= 15 is 0 Å². The van der Waals surface area contributed by atoms with Crippen LogP contribution in [0.5, 0.6) is 0 Å². The quantitative estimate of drug-likeness (QED) is 0.331. The number of para-hydroxylation sites is 1. The first kappa shape index (κ1) is 19.0. The Morgan fingerprint density at radius 1 is 0.774 bits per heavy atom. The number of fused-ring (bicyclic) bond motifs is 1. The molecule has 1 atom stereocenters. The van der Waals surface area contributed by atoms with Gasteiger partial charge in [0.15, 0.2) is 6.23 Å². The summed E-state index contributed by atoms with van der Waals surface area (Å²) in [4.78, 5) is 11.0. The van der Waals surface area contributed by atoms with Crippen LogP contribution < -0.4 is 5.32 Å². The zero-order valence-electron chi connectivity index (χ0n) is 16.6. The van der Waals surface area contributed by atoms with E-state index in [1.807, 2.05) is 60.7 Å². The molecule has 0 aliphatic carbocycles. The summed E-state index contributed by atoms with van der Waals surface area (Å²) >= 11 is 0. The van der Waals surface area contributed by atoms with Gasteiger partial charge in [0, 0.05) is 28.9 Å². The van der Waals surface area contributed by atoms with Crippen molar-refractivity contribution in [3.63, 3.8) is 0 Å². The summed E-state index contributed by atoms with van der Waals surface area (Å²) in [7, 11) is 0. The Labute approximate surface area is 180 Å². The Morgan fingerprint density at radius 2 is 1.39 bits per heavy atom. The average molecular weight is 408 g/mol. The van der Waals surface area contributed by atoms with Gasteiger partial charge in [-0.2, -0.15) is 0 Å². The second-order valence-electron chi connectivity index (χ2n) is 7.45. The number of hydrogen-bond donors (Lipinski definition) is 1. The van der Waals surface area contributed by atoms with Crippen molar-refractivity contribution in [1.29, 1.82) is 0 Å². The smallest absolute Gasteiger partial charge is 0.269 e. The molecule has 0 unspecified atom stereocenters. The van der Waals surface area contributed by atoms with Crippen LogP contribution in [0.25, 0.3) is 0 Å². The molecule has 152 valence electrons. The number of ether oxygens (including phenoxy) is 1. The first-order chi connectivity index (χ1) is 15.2. The Balaban J connectivity index is 1.75. The second-order valence-corrected chi connectivity index (χ2v) is 7.45. The van der Waals surface area contributed by atoms with Gasteiger partial charge in [-0.1, -0.05) is 91.0 Å². The zero-order chi connectivity index (χ0) is 21.3. The predicted molar refractivity (Wildman–Crippen MR) is 120 cm³/mol. The van der Waals surface area contributed by atoms with E-state index in [1.54, 1.807) is 12.1 Å². The molecule has 5 nitrogen and oxygen atoms in total. The number of non-ortho nitro benzene ring substituents is 1. The molecule has 1 aliphatic heterocycles. The Kier molecular flexibility index (Phi) is 4.73. The fourth-order valence-corrected chi connectivity index (χ4v) is 4.24. The summed E-state index contributed by atoms with van der Waals surface area (Å²) < 4.78 is 6.86. The molecule has 1 aliphatic rings. The minimum absolute atomic E-state index is 0.0341. The zero-order valence-corrected chi connectivity index (χ0v) is 16.6. The SMILES string of the molecule is O=[N+]([O-])c1cccc([C@H]2Nc3ccccc3C(c3ccccc3)(c3ccccc3)O2)c1. The number of benzene rings is 4. The number of nitro groups is 1. The molecule has 1 N–H and O–H groups in total. The van der Waals surface area contributed by atoms with Crippen LogP contribution >= 0.6 is 0 Å². The van der Waals surface area contributed by atoms with Gasteiger partial charge in [-0.15, -0.1) is 0 Å². The Hall–Kier alpha value is -3.96. The Bertz CT molecular complexity index is 1190. The van der Waals surface area contributed by atoms with E-state index < -0.39 is 11.8 Å². The molecule has 0 saturated heterocycles. The van der Waals surface area contributed by atoms with Crippen LogP contribution in [-0.2, 0) is 10.3 Å². The number of nitrogens with one attached hydrogen (secondary N) is 1. The normalized spacial score (nSPS) is 16.7. The maximum atomic E-state index is 11.3. The minimum atomic E-state index is -0.875. The highest BCUT2D eigenvalue weighted by Crippen LogP contribution is 2.50. The third-order valence-corrected chi connectivity index (χ3v) is 5.63. The summed E-state index contributed by atoms with van der Waals surface area (Å²) in [6.45, 7) is 0. The van der Waals surface area contributed by atoms with Gasteiger partial charge in [-0.25, -0.2) is 0 Å². The number of anilines is 1. The van der Waals surface area contributed by atoms with E-state index in [-0.39, 0.29) is 10.6 Å². The van der Waals surface area contributed by atoms with Crippen molar-refractivity contribution in [3.8, 4) is 0 Å². The largest absolute Gasteiger partial charge is 0.356 e. The molecule has 5 heteroatoms. The van der Waals surface area contributed by atoms with E-state index in [9.17, 15) is 10.1 Å². The maximum absolute atomic E-state index is 11.3. The summed E-state index contributed by atoms with van der Waals surface area (Å²) in [5.74, 6) is 0. The van der Waals surface area contributed by atoms with E-state index in [0.29, 0.717) is 5.56 Å². The number of hydrogen-bond acceptors (Lipinski definition) is 4. The molecular weight excluding hydrogens is 388 g/mol. The van der Waals surface area contributed by atoms with Crippen molar-refractivity contribution in [2.24, 2.45) is 0 Å². The van der Waals surface area contributed by atoms with Crippen molar-refractivity contribution in [2.45, 2.75) is 11.8 Å². The molecule has 0 bridgehead atoms. The lowest BCUT2D eigenvalue weighted by molar-refractivity contribution is -0.385. The molecule has 0 amide bonds. The molecule has 5 rings (SSSR count). The summed E-state index contributed by atoms with van der Waals surface area (Å²) in [5, 5.41) is 14.8. The molecule has 1 heterocycles. The van der Waals surface area contributed by atoms with Gasteiger partial charge in [0.2, 0.25) is 0 Å². The fourth-order valence-electron chi connectivity index (χ4n) is 4.24. The highest BCUT2D eigenvalue weighted by atomic mass is 16.6. The van der Waals surface area contributed by atoms with E-state index in [4.69, 9.17) is 4.74 Å². The topological polar surface area (TPSA) is 64.4 Å². The number of rotatable bonds is 4. The van der Waals surface area contributed by atoms with Crippen molar-refractivity contribution in [2.75, 3.05) is 5.32 Å². The van der Waals surface area contributed by atoms with E-state index in [0.717, 1.165) is 22.4 Å². The standard InChI is InChI=1S/C26H20N2O3/c29-28(30)22-15-9-10-19(18-22)25-27-24-17-8-7-16-23(24)26(31-25,20-11-3-1-4-12-20)21-13-5-2-6-14-21/h1-18,25,27H/t25-/m0/s1. The third kappa shape index (κ3) is 3.25. The van der Waals surface area contributed by atoms with E-state index in [1.165, 1.54) is 6.07 Å². The van der Waals surface area contributed by atoms with Crippen molar-refractivity contribution in [1.82, 2.24) is 0 Å². The maximum Gasteiger partial charge on any atom is 0.269 e. The van der Waals surface area contributed by atoms with Gasteiger partial charge in [-0.3, -0.25) is 10.1 Å². The highest BCUT2D eigenvalue weighted by molar-refractivity contribution is 5.64. The van der Waals surface area contributed by atoms with Crippen molar-refractivity contribution >= 4 is 11.4 Å². The first-order valence-corrected chi connectivity index (χ1v) is 10.1. The van der Waals surface area contributed by atoms with Crippen molar-refractivity contribution < 1.29 is 9.66 Å². The molecule has 0 aromatic heterocycles. The first-order valence-electron chi connectivity index (χ1n) is 10.1. The van der Waals surface area contributed by atoms with Gasteiger partial charge in [0.25, 0.3) is 5.69 Å². The van der Waals surface area contributed by atoms with Crippen LogP contribution in [0, 0.1) is 10.1 Å². The predicted octanol–water partition coefficient (Wildman–Crippen LogP) is 6.03. The number of nitrogens with zero attached hydrogens (tertiary/aromatic N) is 1. The molecule has 31 heavy (non-hydrogen) atoms. The highest BCUT2D eigenvalue weighted by Gasteiger charge is 2.45. The van der Waals surface area contributed by atoms with Gasteiger partial charge in [-0.05, 0) is 17.2 Å². The van der Waals surface area contributed by atoms with Crippen LogP contribution in [0.3, 0.4) is 0 Å². The second kappa shape index (κ2) is 7.70. The fraction of sp³-hybridized carbons (Fsp3) is 0.0769. The lowest BCUT2D eigenvalue weighted by Gasteiger charge is -2.44. The summed E-state index contributed by atoms with van der Waals surface area (Å²) in [5.41, 5.74) is 3.76.